The topological polar surface area (TPSA) is 72.1 Å². The van der Waals surface area contributed by atoms with E-state index in [0.29, 0.717) is 18.8 Å². The highest BCUT2D eigenvalue weighted by Crippen LogP contribution is 2.09. The minimum Gasteiger partial charge on any atom is -0.340 e. The second kappa shape index (κ2) is 5.55. The third-order valence-electron chi connectivity index (χ3n) is 2.71. The molecule has 5 nitrogen and oxygen atoms in total. The Hall–Kier alpha value is -2.01. The van der Waals surface area contributed by atoms with E-state index in [1.807, 2.05) is 24.3 Å². The molecule has 0 saturated heterocycles. The van der Waals surface area contributed by atoms with E-state index >= 15 is 0 Å². The second-order valence-corrected chi connectivity index (χ2v) is 4.11. The first-order chi connectivity index (χ1) is 8.72. The third kappa shape index (κ3) is 2.62. The first kappa shape index (κ1) is 12.4. The van der Waals surface area contributed by atoms with Crippen LogP contribution in [0.25, 0.3) is 11.0 Å². The fourth-order valence-electron chi connectivity index (χ4n) is 1.69. The maximum absolute atomic E-state index is 12.1. The van der Waals surface area contributed by atoms with Crippen LogP contribution < -0.4 is 5.73 Å². The SMILES string of the molecule is CN(CCCN)C(=O)c1cnc2ccccc2n1. The summed E-state index contributed by atoms with van der Waals surface area (Å²) >= 11 is 0. The van der Waals surface area contributed by atoms with Gasteiger partial charge in [0.05, 0.1) is 17.2 Å². The maximum Gasteiger partial charge on any atom is 0.273 e. The van der Waals surface area contributed by atoms with Crippen LogP contribution in [0.3, 0.4) is 0 Å². The first-order valence-electron chi connectivity index (χ1n) is 5.89. The Morgan fingerprint density at radius 1 is 1.33 bits per heavy atom. The zero-order valence-electron chi connectivity index (χ0n) is 10.3. The maximum atomic E-state index is 12.1. The lowest BCUT2D eigenvalue weighted by Crippen LogP contribution is -2.29. The molecule has 0 aliphatic rings. The van der Waals surface area contributed by atoms with Gasteiger partial charge in [-0.15, -0.1) is 0 Å². The Morgan fingerprint density at radius 2 is 2.06 bits per heavy atom. The molecule has 2 aromatic rings. The van der Waals surface area contributed by atoms with Gasteiger partial charge in [0, 0.05) is 13.6 Å². The van der Waals surface area contributed by atoms with E-state index in [4.69, 9.17) is 5.73 Å². The molecule has 0 aliphatic carbocycles. The molecule has 2 N–H and O–H groups in total. The second-order valence-electron chi connectivity index (χ2n) is 4.11. The predicted octanol–water partition coefficient (Wildman–Crippen LogP) is 1.05. The van der Waals surface area contributed by atoms with Crippen LogP contribution >= 0.6 is 0 Å². The summed E-state index contributed by atoms with van der Waals surface area (Å²) < 4.78 is 0. The van der Waals surface area contributed by atoms with Crippen molar-refractivity contribution >= 4 is 16.9 Å². The van der Waals surface area contributed by atoms with Crippen molar-refractivity contribution in [3.8, 4) is 0 Å². The van der Waals surface area contributed by atoms with Crippen LogP contribution in [0.2, 0.25) is 0 Å². The fourth-order valence-corrected chi connectivity index (χ4v) is 1.69. The van der Waals surface area contributed by atoms with Crippen molar-refractivity contribution in [2.24, 2.45) is 5.73 Å². The standard InChI is InChI=1S/C13H16N4O/c1-17(8-4-7-14)13(18)12-9-15-10-5-2-3-6-11(10)16-12/h2-3,5-6,9H,4,7-8,14H2,1H3. The minimum atomic E-state index is -0.123. The first-order valence-corrected chi connectivity index (χ1v) is 5.89. The van der Waals surface area contributed by atoms with Crippen LogP contribution in [-0.4, -0.2) is 40.9 Å². The Balaban J connectivity index is 2.22. The largest absolute Gasteiger partial charge is 0.340 e. The van der Waals surface area contributed by atoms with Gasteiger partial charge in [-0.2, -0.15) is 0 Å². The van der Waals surface area contributed by atoms with Crippen LogP contribution in [-0.2, 0) is 0 Å². The van der Waals surface area contributed by atoms with E-state index in [2.05, 4.69) is 9.97 Å². The molecular formula is C13H16N4O. The molecule has 0 atom stereocenters. The number of hydrogen-bond acceptors (Lipinski definition) is 4. The van der Waals surface area contributed by atoms with Crippen LogP contribution in [0.4, 0.5) is 0 Å². The molecule has 0 saturated carbocycles. The van der Waals surface area contributed by atoms with Crippen molar-refractivity contribution in [2.45, 2.75) is 6.42 Å². The number of nitrogens with two attached hydrogens (primary N) is 1. The Labute approximate surface area is 106 Å². The molecule has 0 spiro atoms. The van der Waals surface area contributed by atoms with Crippen LogP contribution in [0.5, 0.6) is 0 Å². The summed E-state index contributed by atoms with van der Waals surface area (Å²) in [7, 11) is 1.74. The van der Waals surface area contributed by atoms with Gasteiger partial charge in [0.15, 0.2) is 0 Å². The molecule has 2 rings (SSSR count). The quantitative estimate of drug-likeness (QED) is 0.872. The van der Waals surface area contributed by atoms with Crippen LogP contribution in [0, 0.1) is 0 Å². The summed E-state index contributed by atoms with van der Waals surface area (Å²) in [4.78, 5) is 22.2. The number of amides is 1. The van der Waals surface area contributed by atoms with Gasteiger partial charge in [0.2, 0.25) is 0 Å². The lowest BCUT2D eigenvalue weighted by atomic mass is 10.3. The molecule has 0 fully saturated rings. The van der Waals surface area contributed by atoms with Crippen molar-refractivity contribution in [2.75, 3.05) is 20.1 Å². The van der Waals surface area contributed by atoms with Gasteiger partial charge in [0.25, 0.3) is 5.91 Å². The Morgan fingerprint density at radius 3 is 2.78 bits per heavy atom. The predicted molar refractivity (Wildman–Crippen MR) is 70.2 cm³/mol. The zero-order valence-corrected chi connectivity index (χ0v) is 10.3. The highest BCUT2D eigenvalue weighted by Gasteiger charge is 2.13. The summed E-state index contributed by atoms with van der Waals surface area (Å²) in [6.45, 7) is 1.20. The van der Waals surface area contributed by atoms with E-state index in [9.17, 15) is 4.79 Å². The average molecular weight is 244 g/mol. The normalized spacial score (nSPS) is 10.6. The summed E-state index contributed by atoms with van der Waals surface area (Å²) in [5.74, 6) is -0.123. The highest BCUT2D eigenvalue weighted by molar-refractivity contribution is 5.93. The minimum absolute atomic E-state index is 0.123. The van der Waals surface area contributed by atoms with Crippen LogP contribution in [0.15, 0.2) is 30.5 Å². The van der Waals surface area contributed by atoms with Crippen molar-refractivity contribution in [1.29, 1.82) is 0 Å². The number of aromatic nitrogens is 2. The van der Waals surface area contributed by atoms with E-state index in [1.54, 1.807) is 11.9 Å². The number of rotatable bonds is 4. The lowest BCUT2D eigenvalue weighted by Gasteiger charge is -2.15. The Kier molecular flexibility index (Phi) is 3.84. The summed E-state index contributed by atoms with van der Waals surface area (Å²) in [6.07, 6.45) is 2.30. The summed E-state index contributed by atoms with van der Waals surface area (Å²) in [5.41, 5.74) is 7.32. The molecule has 1 heterocycles. The molecule has 1 aromatic heterocycles. The van der Waals surface area contributed by atoms with Gasteiger partial charge < -0.3 is 10.6 Å². The molecule has 0 bridgehead atoms. The average Bonchev–Trinajstić information content (AvgIpc) is 2.43. The third-order valence-corrected chi connectivity index (χ3v) is 2.71. The van der Waals surface area contributed by atoms with Crippen molar-refractivity contribution < 1.29 is 4.79 Å². The molecular weight excluding hydrogens is 228 g/mol. The summed E-state index contributed by atoms with van der Waals surface area (Å²) in [5, 5.41) is 0. The summed E-state index contributed by atoms with van der Waals surface area (Å²) in [6, 6.07) is 7.49. The van der Waals surface area contributed by atoms with E-state index in [0.717, 1.165) is 17.5 Å². The molecule has 0 unspecified atom stereocenters. The molecule has 0 aliphatic heterocycles. The lowest BCUT2D eigenvalue weighted by molar-refractivity contribution is 0.0788. The smallest absolute Gasteiger partial charge is 0.273 e. The number of para-hydroxylation sites is 2. The van der Waals surface area contributed by atoms with Crippen molar-refractivity contribution in [3.63, 3.8) is 0 Å². The van der Waals surface area contributed by atoms with Gasteiger partial charge in [-0.25, -0.2) is 4.98 Å². The number of fused-ring (bicyclic) bond motifs is 1. The van der Waals surface area contributed by atoms with Crippen LogP contribution in [0.1, 0.15) is 16.9 Å². The number of carbonyl (C=O) groups excluding carboxylic acids is 1. The number of hydrogen-bond donors (Lipinski definition) is 1. The van der Waals surface area contributed by atoms with Crippen molar-refractivity contribution in [1.82, 2.24) is 14.9 Å². The van der Waals surface area contributed by atoms with Gasteiger partial charge in [0.1, 0.15) is 5.69 Å². The molecule has 1 amide bonds. The molecule has 5 heteroatoms. The number of benzene rings is 1. The zero-order chi connectivity index (χ0) is 13.0. The van der Waals surface area contributed by atoms with E-state index < -0.39 is 0 Å². The van der Waals surface area contributed by atoms with Gasteiger partial charge in [-0.3, -0.25) is 9.78 Å². The number of nitrogens with zero attached hydrogens (tertiary/aromatic N) is 3. The molecule has 94 valence electrons. The van der Waals surface area contributed by atoms with Gasteiger partial charge in [-0.1, -0.05) is 12.1 Å². The molecule has 0 radical (unpaired) electrons. The fraction of sp³-hybridized carbons (Fsp3) is 0.308. The van der Waals surface area contributed by atoms with Crippen molar-refractivity contribution in [3.05, 3.63) is 36.2 Å². The van der Waals surface area contributed by atoms with Gasteiger partial charge >= 0.3 is 0 Å². The monoisotopic (exact) mass is 244 g/mol. The Bertz CT molecular complexity index is 555. The van der Waals surface area contributed by atoms with E-state index in [1.165, 1.54) is 6.20 Å². The molecule has 18 heavy (non-hydrogen) atoms. The van der Waals surface area contributed by atoms with E-state index in [-0.39, 0.29) is 5.91 Å². The number of carbonyl (C=O) groups is 1. The van der Waals surface area contributed by atoms with Gasteiger partial charge in [-0.05, 0) is 25.1 Å². The molecule has 1 aromatic carbocycles. The highest BCUT2D eigenvalue weighted by atomic mass is 16.2.